The minimum Gasteiger partial charge on any atom is -0.493 e. The zero-order valence-corrected chi connectivity index (χ0v) is 14.0. The predicted octanol–water partition coefficient (Wildman–Crippen LogP) is 2.93. The van der Waals surface area contributed by atoms with Crippen LogP contribution in [0.3, 0.4) is 0 Å². The van der Waals surface area contributed by atoms with Gasteiger partial charge in [0.2, 0.25) is 0 Å². The van der Waals surface area contributed by atoms with E-state index in [1.54, 1.807) is 37.4 Å². The zero-order valence-electron chi connectivity index (χ0n) is 13.2. The van der Waals surface area contributed by atoms with E-state index in [1.165, 1.54) is 7.11 Å². The van der Waals surface area contributed by atoms with E-state index in [2.05, 4.69) is 10.3 Å². The van der Waals surface area contributed by atoms with E-state index in [9.17, 15) is 4.79 Å². The zero-order chi connectivity index (χ0) is 17.1. The van der Waals surface area contributed by atoms with Crippen molar-refractivity contribution in [2.24, 2.45) is 0 Å². The van der Waals surface area contributed by atoms with Crippen LogP contribution in [0, 0.1) is 0 Å². The highest BCUT2D eigenvalue weighted by Crippen LogP contribution is 2.27. The van der Waals surface area contributed by atoms with E-state index >= 15 is 0 Å². The van der Waals surface area contributed by atoms with Crippen LogP contribution in [-0.2, 0) is 6.54 Å². The summed E-state index contributed by atoms with van der Waals surface area (Å²) in [6, 6.07) is 8.56. The fourth-order valence-corrected chi connectivity index (χ4v) is 2.50. The largest absolute Gasteiger partial charge is 0.493 e. The van der Waals surface area contributed by atoms with E-state index in [0.29, 0.717) is 28.6 Å². The van der Waals surface area contributed by atoms with E-state index < -0.39 is 0 Å². The Labute approximate surface area is 144 Å². The minimum atomic E-state index is -0.217. The summed E-state index contributed by atoms with van der Waals surface area (Å²) in [5.41, 5.74) is 1.96. The lowest BCUT2D eigenvalue weighted by Gasteiger charge is -2.09. The maximum Gasteiger partial charge on any atom is 0.251 e. The van der Waals surface area contributed by atoms with Crippen LogP contribution >= 0.6 is 11.6 Å². The third-order valence-corrected chi connectivity index (χ3v) is 3.78. The first kappa shape index (κ1) is 16.1. The first-order valence-electron chi connectivity index (χ1n) is 7.24. The molecule has 3 rings (SSSR count). The molecule has 1 N–H and O–H groups in total. The summed E-state index contributed by atoms with van der Waals surface area (Å²) in [7, 11) is 3.08. The van der Waals surface area contributed by atoms with Gasteiger partial charge in [0.15, 0.2) is 11.5 Å². The fourth-order valence-electron chi connectivity index (χ4n) is 2.35. The van der Waals surface area contributed by atoms with Crippen molar-refractivity contribution in [3.63, 3.8) is 0 Å². The summed E-state index contributed by atoms with van der Waals surface area (Å²) in [5, 5.41) is 3.45. The number of amides is 1. The molecule has 0 bridgehead atoms. The van der Waals surface area contributed by atoms with Crippen LogP contribution in [0.5, 0.6) is 11.5 Å². The second-order valence-corrected chi connectivity index (χ2v) is 5.53. The number of hydrogen-bond acceptors (Lipinski definition) is 4. The molecule has 0 saturated heterocycles. The second kappa shape index (κ2) is 6.80. The highest BCUT2D eigenvalue weighted by molar-refractivity contribution is 6.30. The lowest BCUT2D eigenvalue weighted by molar-refractivity contribution is 0.0950. The maximum absolute atomic E-state index is 12.3. The number of pyridine rings is 1. The monoisotopic (exact) mass is 345 g/mol. The van der Waals surface area contributed by atoms with Crippen LogP contribution in [0.4, 0.5) is 0 Å². The van der Waals surface area contributed by atoms with E-state index in [4.69, 9.17) is 21.1 Å². The number of halogens is 1. The number of hydrogen-bond donors (Lipinski definition) is 1. The Bertz CT molecular complexity index is 892. The maximum atomic E-state index is 12.3. The van der Waals surface area contributed by atoms with Gasteiger partial charge < -0.3 is 19.2 Å². The molecule has 0 aliphatic carbocycles. The van der Waals surface area contributed by atoms with Crippen molar-refractivity contribution in [1.82, 2.24) is 14.7 Å². The van der Waals surface area contributed by atoms with Gasteiger partial charge in [0.1, 0.15) is 5.65 Å². The number of carbonyl (C=O) groups is 1. The number of fused-ring (bicyclic) bond motifs is 1. The molecule has 0 saturated carbocycles. The van der Waals surface area contributed by atoms with Crippen LogP contribution in [0.15, 0.2) is 42.7 Å². The van der Waals surface area contributed by atoms with Gasteiger partial charge in [0, 0.05) is 23.0 Å². The van der Waals surface area contributed by atoms with Crippen LogP contribution in [0.25, 0.3) is 5.65 Å². The molecule has 2 aromatic heterocycles. The van der Waals surface area contributed by atoms with Gasteiger partial charge in [-0.05, 0) is 30.3 Å². The topological polar surface area (TPSA) is 64.9 Å². The molecule has 1 aromatic carbocycles. The Balaban J connectivity index is 1.72. The van der Waals surface area contributed by atoms with Crippen molar-refractivity contribution >= 4 is 23.2 Å². The minimum absolute atomic E-state index is 0.217. The highest BCUT2D eigenvalue weighted by atomic mass is 35.5. The lowest BCUT2D eigenvalue weighted by atomic mass is 10.2. The number of imidazole rings is 1. The van der Waals surface area contributed by atoms with Gasteiger partial charge in [-0.1, -0.05) is 11.6 Å². The van der Waals surface area contributed by atoms with Crippen LogP contribution in [0.2, 0.25) is 5.02 Å². The quantitative estimate of drug-likeness (QED) is 0.772. The molecule has 0 fully saturated rings. The number of ether oxygens (including phenoxy) is 2. The van der Waals surface area contributed by atoms with Crippen molar-refractivity contribution in [1.29, 1.82) is 0 Å². The Morgan fingerprint density at radius 3 is 2.75 bits per heavy atom. The highest BCUT2D eigenvalue weighted by Gasteiger charge is 2.11. The molecule has 0 aliphatic heterocycles. The Kier molecular flexibility index (Phi) is 4.57. The lowest BCUT2D eigenvalue weighted by Crippen LogP contribution is -2.23. The van der Waals surface area contributed by atoms with Gasteiger partial charge in [-0.3, -0.25) is 4.79 Å². The second-order valence-electron chi connectivity index (χ2n) is 5.10. The summed E-state index contributed by atoms with van der Waals surface area (Å²) in [6.45, 7) is 0.312. The molecule has 6 nitrogen and oxygen atoms in total. The molecular formula is C17H16ClN3O3. The van der Waals surface area contributed by atoms with Crippen LogP contribution < -0.4 is 14.8 Å². The van der Waals surface area contributed by atoms with Gasteiger partial charge in [0.25, 0.3) is 5.91 Å². The average Bonchev–Trinajstić information content (AvgIpc) is 3.00. The van der Waals surface area contributed by atoms with E-state index in [1.807, 2.05) is 16.8 Å². The van der Waals surface area contributed by atoms with Crippen molar-refractivity contribution in [2.75, 3.05) is 14.2 Å². The van der Waals surface area contributed by atoms with Crippen LogP contribution in [-0.4, -0.2) is 29.5 Å². The number of nitrogens with zero attached hydrogens (tertiary/aromatic N) is 2. The summed E-state index contributed by atoms with van der Waals surface area (Å²) in [4.78, 5) is 16.7. The molecular weight excluding hydrogens is 330 g/mol. The van der Waals surface area contributed by atoms with E-state index in [0.717, 1.165) is 11.3 Å². The molecule has 0 atom stereocenters. The first-order valence-corrected chi connectivity index (χ1v) is 7.62. The smallest absolute Gasteiger partial charge is 0.251 e. The molecule has 124 valence electrons. The van der Waals surface area contributed by atoms with Gasteiger partial charge in [-0.2, -0.15) is 0 Å². The van der Waals surface area contributed by atoms with Crippen molar-refractivity contribution in [3.8, 4) is 11.5 Å². The number of nitrogens with one attached hydrogen (secondary N) is 1. The number of aromatic nitrogens is 2. The van der Waals surface area contributed by atoms with Crippen molar-refractivity contribution in [2.45, 2.75) is 6.54 Å². The van der Waals surface area contributed by atoms with Gasteiger partial charge in [0.05, 0.1) is 26.5 Å². The van der Waals surface area contributed by atoms with E-state index in [-0.39, 0.29) is 5.91 Å². The van der Waals surface area contributed by atoms with Crippen molar-refractivity contribution < 1.29 is 14.3 Å². The average molecular weight is 346 g/mol. The Morgan fingerprint density at radius 1 is 1.21 bits per heavy atom. The van der Waals surface area contributed by atoms with Gasteiger partial charge in [-0.15, -0.1) is 0 Å². The molecule has 7 heteroatoms. The number of methoxy groups -OCH3 is 2. The summed E-state index contributed by atoms with van der Waals surface area (Å²) in [5.74, 6) is 0.866. The Hall–Kier alpha value is -2.73. The van der Waals surface area contributed by atoms with Crippen molar-refractivity contribution in [3.05, 3.63) is 59.0 Å². The normalized spacial score (nSPS) is 10.6. The molecule has 0 spiro atoms. The molecule has 1 amide bonds. The fraction of sp³-hybridized carbons (Fsp3) is 0.176. The third kappa shape index (κ3) is 3.28. The Morgan fingerprint density at radius 2 is 2.00 bits per heavy atom. The SMILES string of the molecule is COc1ccc(C(=O)NCc2cn3ccc(Cl)cc3n2)cc1OC. The first-order chi connectivity index (χ1) is 11.6. The number of carbonyl (C=O) groups excluding carboxylic acids is 1. The molecule has 24 heavy (non-hydrogen) atoms. The third-order valence-electron chi connectivity index (χ3n) is 3.55. The predicted molar refractivity (Wildman–Crippen MR) is 90.9 cm³/mol. The van der Waals surface area contributed by atoms with Gasteiger partial charge >= 0.3 is 0 Å². The summed E-state index contributed by atoms with van der Waals surface area (Å²) < 4.78 is 12.2. The molecule has 3 aromatic rings. The molecule has 0 unspecified atom stereocenters. The molecule has 0 aliphatic rings. The summed E-state index contributed by atoms with van der Waals surface area (Å²) >= 11 is 5.94. The molecule has 2 heterocycles. The summed E-state index contributed by atoms with van der Waals surface area (Å²) in [6.07, 6.45) is 3.67. The van der Waals surface area contributed by atoms with Crippen LogP contribution in [0.1, 0.15) is 16.1 Å². The molecule has 0 radical (unpaired) electrons. The standard InChI is InChI=1S/C17H16ClN3O3/c1-23-14-4-3-11(7-15(14)24-2)17(22)19-9-13-10-21-6-5-12(18)8-16(21)20-13/h3-8,10H,9H2,1-2H3,(H,19,22). The van der Waals surface area contributed by atoms with Gasteiger partial charge in [-0.25, -0.2) is 4.98 Å². The number of benzene rings is 1. The number of rotatable bonds is 5.